The van der Waals surface area contributed by atoms with Crippen molar-refractivity contribution in [3.05, 3.63) is 65.3 Å². The number of pyridine rings is 1. The number of anilines is 1. The molecule has 1 heterocycles. The largest absolute Gasteiger partial charge is 0.487 e. The Labute approximate surface area is 127 Å². The summed E-state index contributed by atoms with van der Waals surface area (Å²) in [6.45, 7) is 0.362. The van der Waals surface area contributed by atoms with Gasteiger partial charge in [0.15, 0.2) is 0 Å². The second-order valence-corrected chi connectivity index (χ2v) is 4.95. The number of hydrogen-bond acceptors (Lipinski definition) is 4. The molecule has 0 aliphatic heterocycles. The van der Waals surface area contributed by atoms with E-state index in [0.717, 1.165) is 22.2 Å². The van der Waals surface area contributed by atoms with Crippen molar-refractivity contribution in [2.75, 3.05) is 5.43 Å². The summed E-state index contributed by atoms with van der Waals surface area (Å²) in [5.41, 5.74) is 3.31. The maximum Gasteiger partial charge on any atom is 0.140 e. The Morgan fingerprint density at radius 2 is 1.81 bits per heavy atom. The van der Waals surface area contributed by atoms with E-state index in [-0.39, 0.29) is 0 Å². The third-order valence-corrected chi connectivity index (χ3v) is 3.49. The van der Waals surface area contributed by atoms with E-state index >= 15 is 0 Å². The molecule has 0 atom stereocenters. The molecular formula is C16H14ClN3O. The Balaban J connectivity index is 1.87. The first-order valence-electron chi connectivity index (χ1n) is 6.50. The molecular weight excluding hydrogens is 286 g/mol. The van der Waals surface area contributed by atoms with E-state index in [1.807, 2.05) is 48.5 Å². The summed E-state index contributed by atoms with van der Waals surface area (Å²) < 4.78 is 5.87. The van der Waals surface area contributed by atoms with Crippen molar-refractivity contribution in [2.45, 2.75) is 6.61 Å². The average molecular weight is 300 g/mol. The fourth-order valence-corrected chi connectivity index (χ4v) is 2.38. The molecule has 0 saturated heterocycles. The molecule has 0 fully saturated rings. The number of hydrazine groups is 1. The Bertz CT molecular complexity index is 776. The van der Waals surface area contributed by atoms with Gasteiger partial charge in [0.2, 0.25) is 0 Å². The third-order valence-electron chi connectivity index (χ3n) is 3.16. The summed E-state index contributed by atoms with van der Waals surface area (Å²) in [6.07, 6.45) is 0. The maximum absolute atomic E-state index is 6.20. The molecule has 1 aromatic heterocycles. The molecule has 0 unspecified atom stereocenters. The average Bonchev–Trinajstić information content (AvgIpc) is 2.55. The van der Waals surface area contributed by atoms with Crippen LogP contribution in [0.3, 0.4) is 0 Å². The highest BCUT2D eigenvalue weighted by Gasteiger charge is 2.06. The van der Waals surface area contributed by atoms with Crippen molar-refractivity contribution in [1.82, 2.24) is 4.98 Å². The number of fused-ring (bicyclic) bond motifs is 1. The van der Waals surface area contributed by atoms with Crippen LogP contribution in [0.5, 0.6) is 5.75 Å². The number of halogens is 1. The highest BCUT2D eigenvalue weighted by molar-refractivity contribution is 6.35. The van der Waals surface area contributed by atoms with Crippen molar-refractivity contribution in [3.8, 4) is 5.75 Å². The number of aromatic nitrogens is 1. The van der Waals surface area contributed by atoms with E-state index in [4.69, 9.17) is 22.2 Å². The standard InChI is InChI=1S/C16H14ClN3O/c17-14-8-9-15(13-6-2-1-5-12(13)14)21-10-11-4-3-7-16(19-11)20-18/h1-9H,10,18H2,(H,19,20). The number of benzene rings is 2. The zero-order valence-corrected chi connectivity index (χ0v) is 12.0. The number of nitrogens with two attached hydrogens (primary N) is 1. The van der Waals surface area contributed by atoms with Gasteiger partial charge >= 0.3 is 0 Å². The first-order chi connectivity index (χ1) is 10.3. The minimum absolute atomic E-state index is 0.362. The number of nitrogens with zero attached hydrogens (tertiary/aromatic N) is 1. The Morgan fingerprint density at radius 1 is 1.00 bits per heavy atom. The summed E-state index contributed by atoms with van der Waals surface area (Å²) >= 11 is 6.20. The second-order valence-electron chi connectivity index (χ2n) is 4.54. The van der Waals surface area contributed by atoms with Gasteiger partial charge in [0.05, 0.1) is 5.69 Å². The van der Waals surface area contributed by atoms with Crippen LogP contribution in [0.15, 0.2) is 54.6 Å². The lowest BCUT2D eigenvalue weighted by atomic mass is 10.1. The van der Waals surface area contributed by atoms with Gasteiger partial charge in [-0.3, -0.25) is 0 Å². The molecule has 2 aromatic carbocycles. The number of ether oxygens (including phenoxy) is 1. The lowest BCUT2D eigenvalue weighted by Gasteiger charge is -2.10. The van der Waals surface area contributed by atoms with Gasteiger partial charge in [0, 0.05) is 15.8 Å². The van der Waals surface area contributed by atoms with Crippen molar-refractivity contribution in [2.24, 2.45) is 5.84 Å². The van der Waals surface area contributed by atoms with Crippen LogP contribution < -0.4 is 16.0 Å². The van der Waals surface area contributed by atoms with E-state index in [0.29, 0.717) is 17.4 Å². The zero-order valence-electron chi connectivity index (χ0n) is 11.2. The molecule has 5 heteroatoms. The number of rotatable bonds is 4. The molecule has 3 aromatic rings. The molecule has 0 amide bonds. The smallest absolute Gasteiger partial charge is 0.140 e. The summed E-state index contributed by atoms with van der Waals surface area (Å²) in [6, 6.07) is 17.1. The number of hydrogen-bond donors (Lipinski definition) is 2. The molecule has 4 nitrogen and oxygen atoms in total. The van der Waals surface area contributed by atoms with Crippen molar-refractivity contribution in [1.29, 1.82) is 0 Å². The van der Waals surface area contributed by atoms with Gasteiger partial charge in [-0.1, -0.05) is 41.9 Å². The summed E-state index contributed by atoms with van der Waals surface area (Å²) in [5, 5.41) is 2.67. The van der Waals surface area contributed by atoms with Crippen LogP contribution in [0.4, 0.5) is 5.82 Å². The zero-order chi connectivity index (χ0) is 14.7. The molecule has 0 aliphatic rings. The van der Waals surface area contributed by atoms with E-state index < -0.39 is 0 Å². The van der Waals surface area contributed by atoms with Crippen molar-refractivity contribution in [3.63, 3.8) is 0 Å². The molecule has 0 radical (unpaired) electrons. The maximum atomic E-state index is 6.20. The fourth-order valence-electron chi connectivity index (χ4n) is 2.15. The van der Waals surface area contributed by atoms with Crippen LogP contribution in [0.1, 0.15) is 5.69 Å². The van der Waals surface area contributed by atoms with Crippen LogP contribution in [0, 0.1) is 0 Å². The van der Waals surface area contributed by atoms with Crippen LogP contribution in [-0.4, -0.2) is 4.98 Å². The van der Waals surface area contributed by atoms with Gasteiger partial charge in [-0.2, -0.15) is 0 Å². The summed E-state index contributed by atoms with van der Waals surface area (Å²) in [7, 11) is 0. The highest BCUT2D eigenvalue weighted by Crippen LogP contribution is 2.31. The van der Waals surface area contributed by atoms with Gasteiger partial charge in [-0.25, -0.2) is 10.8 Å². The van der Waals surface area contributed by atoms with Crippen molar-refractivity contribution < 1.29 is 4.74 Å². The summed E-state index contributed by atoms with van der Waals surface area (Å²) in [4.78, 5) is 4.32. The van der Waals surface area contributed by atoms with E-state index in [2.05, 4.69) is 10.4 Å². The fraction of sp³-hybridized carbons (Fsp3) is 0.0625. The van der Waals surface area contributed by atoms with Gasteiger partial charge < -0.3 is 10.2 Å². The van der Waals surface area contributed by atoms with E-state index in [9.17, 15) is 0 Å². The highest BCUT2D eigenvalue weighted by atomic mass is 35.5. The molecule has 0 aliphatic carbocycles. The molecule has 21 heavy (non-hydrogen) atoms. The van der Waals surface area contributed by atoms with Gasteiger partial charge in [-0.05, 0) is 24.3 Å². The van der Waals surface area contributed by atoms with Gasteiger partial charge in [0.25, 0.3) is 0 Å². The second kappa shape index (κ2) is 5.99. The number of nitrogens with one attached hydrogen (secondary N) is 1. The normalized spacial score (nSPS) is 10.6. The Kier molecular flexibility index (Phi) is 3.90. The first kappa shape index (κ1) is 13.7. The molecule has 0 spiro atoms. The van der Waals surface area contributed by atoms with Crippen molar-refractivity contribution >= 4 is 28.2 Å². The molecule has 106 valence electrons. The van der Waals surface area contributed by atoms with Gasteiger partial charge in [-0.15, -0.1) is 0 Å². The lowest BCUT2D eigenvalue weighted by Crippen LogP contribution is -2.09. The monoisotopic (exact) mass is 299 g/mol. The van der Waals surface area contributed by atoms with Crippen LogP contribution in [0.25, 0.3) is 10.8 Å². The van der Waals surface area contributed by atoms with Crippen LogP contribution in [0.2, 0.25) is 5.02 Å². The summed E-state index contributed by atoms with van der Waals surface area (Å²) in [5.74, 6) is 6.74. The van der Waals surface area contributed by atoms with Crippen LogP contribution >= 0.6 is 11.6 Å². The van der Waals surface area contributed by atoms with Gasteiger partial charge in [0.1, 0.15) is 18.2 Å². The van der Waals surface area contributed by atoms with Crippen LogP contribution in [-0.2, 0) is 6.61 Å². The third kappa shape index (κ3) is 2.91. The van der Waals surface area contributed by atoms with E-state index in [1.165, 1.54) is 0 Å². The Hall–Kier alpha value is -2.30. The molecule has 3 N–H and O–H groups in total. The molecule has 3 rings (SSSR count). The molecule has 0 bridgehead atoms. The molecule has 0 saturated carbocycles. The minimum atomic E-state index is 0.362. The predicted molar refractivity (Wildman–Crippen MR) is 85.3 cm³/mol. The first-order valence-corrected chi connectivity index (χ1v) is 6.88. The number of nitrogen functional groups attached to an aromatic ring is 1. The van der Waals surface area contributed by atoms with E-state index in [1.54, 1.807) is 6.07 Å². The SMILES string of the molecule is NNc1cccc(COc2ccc(Cl)c3ccccc23)n1. The predicted octanol–water partition coefficient (Wildman–Crippen LogP) is 3.75. The quantitative estimate of drug-likeness (QED) is 0.569. The topological polar surface area (TPSA) is 60.2 Å². The lowest BCUT2D eigenvalue weighted by molar-refractivity contribution is 0.305. The minimum Gasteiger partial charge on any atom is -0.487 e. The Morgan fingerprint density at radius 3 is 2.62 bits per heavy atom.